The SMILES string of the molecule is O=C1CC(=O)NC(=O)N1.O=CO. The minimum atomic E-state index is -0.740. The van der Waals surface area contributed by atoms with Gasteiger partial charge in [-0.25, -0.2) is 4.79 Å². The summed E-state index contributed by atoms with van der Waals surface area (Å²) >= 11 is 0. The number of hydrogen-bond acceptors (Lipinski definition) is 4. The number of carboxylic acid groups (broad SMARTS) is 1. The van der Waals surface area contributed by atoms with Crippen LogP contribution < -0.4 is 10.6 Å². The Morgan fingerprint density at radius 3 is 1.75 bits per heavy atom. The monoisotopic (exact) mass is 174 g/mol. The van der Waals surface area contributed by atoms with Gasteiger partial charge in [-0.1, -0.05) is 0 Å². The molecule has 1 saturated heterocycles. The Kier molecular flexibility index (Phi) is 4.06. The highest BCUT2D eigenvalue weighted by Crippen LogP contribution is 1.85. The molecule has 12 heavy (non-hydrogen) atoms. The first-order chi connectivity index (χ1) is 5.60. The molecule has 1 aliphatic heterocycles. The first kappa shape index (κ1) is 10.1. The van der Waals surface area contributed by atoms with Crippen molar-refractivity contribution in [2.45, 2.75) is 6.42 Å². The Balaban J connectivity index is 0.000000354. The minimum absolute atomic E-state index is 0.250. The molecule has 1 aliphatic rings. The fraction of sp³-hybridized carbons (Fsp3) is 0.200. The molecular weight excluding hydrogens is 168 g/mol. The van der Waals surface area contributed by atoms with Crippen molar-refractivity contribution in [2.75, 3.05) is 0 Å². The van der Waals surface area contributed by atoms with Gasteiger partial charge in [0.05, 0.1) is 0 Å². The van der Waals surface area contributed by atoms with E-state index < -0.39 is 17.8 Å². The zero-order valence-corrected chi connectivity index (χ0v) is 5.86. The quantitative estimate of drug-likeness (QED) is 0.303. The number of hydrogen-bond donors (Lipinski definition) is 3. The number of imide groups is 2. The first-order valence-electron chi connectivity index (χ1n) is 2.81. The van der Waals surface area contributed by atoms with Crippen LogP contribution in [0.5, 0.6) is 0 Å². The minimum Gasteiger partial charge on any atom is -0.483 e. The van der Waals surface area contributed by atoms with Crippen molar-refractivity contribution in [3.63, 3.8) is 0 Å². The highest BCUT2D eigenvalue weighted by atomic mass is 16.3. The Morgan fingerprint density at radius 1 is 1.17 bits per heavy atom. The topological polar surface area (TPSA) is 113 Å². The maximum atomic E-state index is 10.3. The molecule has 1 rings (SSSR count). The van der Waals surface area contributed by atoms with E-state index >= 15 is 0 Å². The fourth-order valence-corrected chi connectivity index (χ4v) is 0.519. The van der Waals surface area contributed by atoms with E-state index in [1.54, 1.807) is 0 Å². The Bertz CT molecular complexity index is 179. The van der Waals surface area contributed by atoms with Gasteiger partial charge in [-0.3, -0.25) is 25.0 Å². The van der Waals surface area contributed by atoms with Crippen molar-refractivity contribution in [1.29, 1.82) is 0 Å². The van der Waals surface area contributed by atoms with Crippen LogP contribution in [0.1, 0.15) is 6.42 Å². The third kappa shape index (κ3) is 3.99. The largest absolute Gasteiger partial charge is 0.483 e. The predicted octanol–water partition coefficient (Wildman–Crippen LogP) is -1.56. The number of nitrogens with one attached hydrogen (secondary N) is 2. The van der Waals surface area contributed by atoms with E-state index in [1.165, 1.54) is 0 Å². The van der Waals surface area contributed by atoms with Crippen LogP contribution in [0.25, 0.3) is 0 Å². The number of rotatable bonds is 0. The molecule has 0 radical (unpaired) electrons. The Labute approximate surface area is 66.7 Å². The number of carbonyl (C=O) groups excluding carboxylic acids is 3. The molecule has 0 unspecified atom stereocenters. The summed E-state index contributed by atoms with van der Waals surface area (Å²) in [6.45, 7) is -0.250. The van der Waals surface area contributed by atoms with E-state index in [2.05, 4.69) is 0 Å². The lowest BCUT2D eigenvalue weighted by atomic mass is 10.3. The Hall–Kier alpha value is -1.92. The van der Waals surface area contributed by atoms with Crippen molar-refractivity contribution < 1.29 is 24.3 Å². The third-order valence-electron chi connectivity index (χ3n) is 0.827. The molecule has 0 aliphatic carbocycles. The van der Waals surface area contributed by atoms with Crippen LogP contribution in [-0.4, -0.2) is 29.4 Å². The van der Waals surface area contributed by atoms with Crippen molar-refractivity contribution in [3.8, 4) is 0 Å². The van der Waals surface area contributed by atoms with Crippen LogP contribution in [0, 0.1) is 0 Å². The fourth-order valence-electron chi connectivity index (χ4n) is 0.519. The van der Waals surface area contributed by atoms with Crippen LogP contribution >= 0.6 is 0 Å². The summed E-state index contributed by atoms with van der Waals surface area (Å²) in [6, 6.07) is -0.740. The number of carbonyl (C=O) groups is 4. The summed E-state index contributed by atoms with van der Waals surface area (Å²) < 4.78 is 0. The summed E-state index contributed by atoms with van der Waals surface area (Å²) in [6.07, 6.45) is -0.258. The van der Waals surface area contributed by atoms with Gasteiger partial charge in [0.25, 0.3) is 6.47 Å². The average Bonchev–Trinajstić information content (AvgIpc) is 1.84. The zero-order valence-electron chi connectivity index (χ0n) is 5.86. The van der Waals surface area contributed by atoms with Crippen LogP contribution in [0.15, 0.2) is 0 Å². The molecule has 0 aromatic rings. The molecule has 0 atom stereocenters. The van der Waals surface area contributed by atoms with Crippen molar-refractivity contribution in [2.24, 2.45) is 0 Å². The summed E-state index contributed by atoms with van der Waals surface area (Å²) in [5.74, 6) is -1.10. The lowest BCUT2D eigenvalue weighted by Gasteiger charge is -2.09. The third-order valence-corrected chi connectivity index (χ3v) is 0.827. The van der Waals surface area contributed by atoms with Gasteiger partial charge in [0.1, 0.15) is 6.42 Å². The normalized spacial score (nSPS) is 15.2. The number of barbiturate groups is 1. The molecule has 0 aromatic carbocycles. The van der Waals surface area contributed by atoms with E-state index in [-0.39, 0.29) is 12.9 Å². The molecule has 3 N–H and O–H groups in total. The molecule has 0 spiro atoms. The van der Waals surface area contributed by atoms with Gasteiger partial charge in [-0.15, -0.1) is 0 Å². The van der Waals surface area contributed by atoms with Gasteiger partial charge in [0.2, 0.25) is 11.8 Å². The highest BCUT2D eigenvalue weighted by molar-refractivity contribution is 6.14. The maximum Gasteiger partial charge on any atom is 0.328 e. The predicted molar refractivity (Wildman–Crippen MR) is 35.0 cm³/mol. The molecule has 1 heterocycles. The second kappa shape index (κ2) is 4.83. The lowest BCUT2D eigenvalue weighted by Crippen LogP contribution is -2.49. The van der Waals surface area contributed by atoms with Crippen LogP contribution in [0.4, 0.5) is 4.79 Å². The van der Waals surface area contributed by atoms with Crippen LogP contribution in [0.2, 0.25) is 0 Å². The van der Waals surface area contributed by atoms with E-state index in [0.717, 1.165) is 0 Å². The molecule has 7 heteroatoms. The Morgan fingerprint density at radius 2 is 1.50 bits per heavy atom. The highest BCUT2D eigenvalue weighted by Gasteiger charge is 2.20. The van der Waals surface area contributed by atoms with Gasteiger partial charge < -0.3 is 5.11 Å². The average molecular weight is 174 g/mol. The van der Waals surface area contributed by atoms with Gasteiger partial charge in [0, 0.05) is 0 Å². The first-order valence-corrected chi connectivity index (χ1v) is 2.81. The molecule has 66 valence electrons. The van der Waals surface area contributed by atoms with Crippen molar-refractivity contribution in [1.82, 2.24) is 10.6 Å². The van der Waals surface area contributed by atoms with Crippen LogP contribution in [0.3, 0.4) is 0 Å². The molecule has 0 aromatic heterocycles. The molecule has 0 saturated carbocycles. The summed E-state index contributed by atoms with van der Waals surface area (Å²) in [5.41, 5.74) is 0. The standard InChI is InChI=1S/C4H4N2O3.CH2O2/c7-2-1-3(8)6-4(9)5-2;2-1-3/h1H2,(H2,5,6,7,8,9);1H,(H,2,3). The van der Waals surface area contributed by atoms with E-state index in [1.807, 2.05) is 10.6 Å². The molecular formula is C5H6N2O5. The molecule has 4 amide bonds. The second-order valence-corrected chi connectivity index (χ2v) is 1.71. The molecule has 7 nitrogen and oxygen atoms in total. The van der Waals surface area contributed by atoms with Gasteiger partial charge in [-0.05, 0) is 0 Å². The van der Waals surface area contributed by atoms with Gasteiger partial charge in [0.15, 0.2) is 0 Å². The van der Waals surface area contributed by atoms with Crippen LogP contribution in [-0.2, 0) is 14.4 Å². The van der Waals surface area contributed by atoms with E-state index in [4.69, 9.17) is 9.90 Å². The smallest absolute Gasteiger partial charge is 0.328 e. The van der Waals surface area contributed by atoms with Crippen molar-refractivity contribution in [3.05, 3.63) is 0 Å². The second-order valence-electron chi connectivity index (χ2n) is 1.71. The summed E-state index contributed by atoms with van der Waals surface area (Å²) in [4.78, 5) is 39.2. The summed E-state index contributed by atoms with van der Waals surface area (Å²) in [5, 5.41) is 10.7. The summed E-state index contributed by atoms with van der Waals surface area (Å²) in [7, 11) is 0. The van der Waals surface area contributed by atoms with Gasteiger partial charge >= 0.3 is 6.03 Å². The van der Waals surface area contributed by atoms with E-state index in [9.17, 15) is 14.4 Å². The van der Waals surface area contributed by atoms with Gasteiger partial charge in [-0.2, -0.15) is 0 Å². The van der Waals surface area contributed by atoms with Crippen molar-refractivity contribution >= 4 is 24.3 Å². The maximum absolute atomic E-state index is 10.3. The van der Waals surface area contributed by atoms with E-state index in [0.29, 0.717) is 0 Å². The molecule has 1 fully saturated rings. The molecule has 0 bridgehead atoms. The number of amides is 4. The number of urea groups is 1. The lowest BCUT2D eigenvalue weighted by molar-refractivity contribution is -0.129. The zero-order chi connectivity index (χ0) is 9.56.